The molecular weight excluding hydrogens is 190 g/mol. The molecule has 0 unspecified atom stereocenters. The Morgan fingerprint density at radius 1 is 1.40 bits per heavy atom. The van der Waals surface area contributed by atoms with E-state index in [0.717, 1.165) is 50.8 Å². The molecule has 0 saturated carbocycles. The summed E-state index contributed by atoms with van der Waals surface area (Å²) in [6.45, 7) is 4.57. The fourth-order valence-corrected chi connectivity index (χ4v) is 2.17. The first kappa shape index (κ1) is 8.97. The summed E-state index contributed by atoms with van der Waals surface area (Å²) in [6.07, 6.45) is 5.24. The van der Waals surface area contributed by atoms with Crippen LogP contribution in [-0.2, 0) is 4.74 Å². The number of fused-ring (bicyclic) bond motifs is 2. The van der Waals surface area contributed by atoms with Crippen molar-refractivity contribution in [1.82, 2.24) is 10.2 Å². The van der Waals surface area contributed by atoms with Gasteiger partial charge in [-0.15, -0.1) is 0 Å². The largest absolute Gasteiger partial charge is 0.490 e. The molecule has 0 aromatic rings. The van der Waals surface area contributed by atoms with E-state index in [-0.39, 0.29) is 0 Å². The molecule has 0 saturated heterocycles. The predicted octanol–water partition coefficient (Wildman–Crippen LogP) is 0.492. The van der Waals surface area contributed by atoms with E-state index in [1.165, 1.54) is 5.70 Å². The maximum atomic E-state index is 5.69. The van der Waals surface area contributed by atoms with Crippen molar-refractivity contribution in [2.75, 3.05) is 32.8 Å². The molecule has 0 spiro atoms. The molecule has 15 heavy (non-hydrogen) atoms. The third-order valence-electron chi connectivity index (χ3n) is 2.91. The highest BCUT2D eigenvalue weighted by Crippen LogP contribution is 2.22. The second-order valence-corrected chi connectivity index (χ2v) is 3.91. The predicted molar refractivity (Wildman–Crippen MR) is 58.6 cm³/mol. The quantitative estimate of drug-likeness (QED) is 0.625. The van der Waals surface area contributed by atoms with Crippen LogP contribution in [0.3, 0.4) is 0 Å². The molecule has 3 rings (SSSR count). The minimum absolute atomic E-state index is 0.753. The molecule has 3 aliphatic heterocycles. The van der Waals surface area contributed by atoms with Gasteiger partial charge in [-0.3, -0.25) is 4.99 Å². The van der Waals surface area contributed by atoms with Gasteiger partial charge in [0.1, 0.15) is 18.2 Å². The lowest BCUT2D eigenvalue weighted by atomic mass is 10.1. The number of allylic oxidation sites excluding steroid dienone is 1. The second kappa shape index (κ2) is 3.70. The first-order valence-electron chi connectivity index (χ1n) is 5.52. The number of hydrogen-bond donors (Lipinski definition) is 1. The topological polar surface area (TPSA) is 36.9 Å². The highest BCUT2D eigenvalue weighted by atomic mass is 16.5. The lowest BCUT2D eigenvalue weighted by Crippen LogP contribution is -2.39. The van der Waals surface area contributed by atoms with E-state index >= 15 is 0 Å². The average molecular weight is 205 g/mol. The summed E-state index contributed by atoms with van der Waals surface area (Å²) in [5.41, 5.74) is 1.24. The molecule has 0 bridgehead atoms. The van der Waals surface area contributed by atoms with Crippen molar-refractivity contribution < 1.29 is 4.74 Å². The monoisotopic (exact) mass is 205 g/mol. The summed E-state index contributed by atoms with van der Waals surface area (Å²) in [5, 5.41) is 3.37. The number of nitrogens with one attached hydrogen (secondary N) is 1. The van der Waals surface area contributed by atoms with Crippen LogP contribution < -0.4 is 5.32 Å². The van der Waals surface area contributed by atoms with Gasteiger partial charge in [-0.05, 0) is 18.6 Å². The Morgan fingerprint density at radius 3 is 3.40 bits per heavy atom. The highest BCUT2D eigenvalue weighted by Gasteiger charge is 2.25. The van der Waals surface area contributed by atoms with E-state index in [9.17, 15) is 0 Å². The van der Waals surface area contributed by atoms with Crippen molar-refractivity contribution in [3.63, 3.8) is 0 Å². The Kier molecular flexibility index (Phi) is 2.21. The van der Waals surface area contributed by atoms with Crippen LogP contribution in [0.25, 0.3) is 0 Å². The van der Waals surface area contributed by atoms with E-state index in [2.05, 4.69) is 21.3 Å². The molecule has 0 aromatic carbocycles. The zero-order valence-electron chi connectivity index (χ0n) is 8.70. The summed E-state index contributed by atoms with van der Waals surface area (Å²) < 4.78 is 5.69. The van der Waals surface area contributed by atoms with Gasteiger partial charge in [0.25, 0.3) is 0 Å². The highest BCUT2D eigenvalue weighted by molar-refractivity contribution is 5.96. The van der Waals surface area contributed by atoms with Gasteiger partial charge in [0.2, 0.25) is 0 Å². The van der Waals surface area contributed by atoms with Gasteiger partial charge in [0.15, 0.2) is 0 Å². The number of nitrogens with zero attached hydrogens (tertiary/aromatic N) is 2. The van der Waals surface area contributed by atoms with Gasteiger partial charge >= 0.3 is 0 Å². The number of ether oxygens (including phenoxy) is 1. The molecule has 4 heteroatoms. The van der Waals surface area contributed by atoms with Crippen molar-refractivity contribution in [3.8, 4) is 0 Å². The molecule has 0 fully saturated rings. The average Bonchev–Trinajstić information content (AvgIpc) is 2.54. The zero-order chi connectivity index (χ0) is 10.1. The van der Waals surface area contributed by atoms with Crippen LogP contribution >= 0.6 is 0 Å². The van der Waals surface area contributed by atoms with Crippen LogP contribution in [-0.4, -0.2) is 43.5 Å². The van der Waals surface area contributed by atoms with Gasteiger partial charge in [-0.2, -0.15) is 0 Å². The minimum atomic E-state index is 0.753. The van der Waals surface area contributed by atoms with Crippen LogP contribution in [0.5, 0.6) is 0 Å². The van der Waals surface area contributed by atoms with E-state index in [1.807, 2.05) is 6.08 Å². The van der Waals surface area contributed by atoms with Gasteiger partial charge in [0, 0.05) is 26.2 Å². The molecule has 1 N–H and O–H groups in total. The molecule has 4 nitrogen and oxygen atoms in total. The summed E-state index contributed by atoms with van der Waals surface area (Å²) in [5.74, 6) is 2.10. The smallest absolute Gasteiger partial charge is 0.140 e. The summed E-state index contributed by atoms with van der Waals surface area (Å²) in [7, 11) is 0. The van der Waals surface area contributed by atoms with Gasteiger partial charge in [-0.25, -0.2) is 0 Å². The lowest BCUT2D eigenvalue weighted by molar-refractivity contribution is 0.225. The van der Waals surface area contributed by atoms with E-state index in [0.29, 0.717) is 0 Å². The Balaban J connectivity index is 1.96. The number of aliphatic imine (C=N–C) groups is 1. The first-order chi connectivity index (χ1) is 7.45. The second-order valence-electron chi connectivity index (χ2n) is 3.91. The summed E-state index contributed by atoms with van der Waals surface area (Å²) in [4.78, 5) is 6.79. The van der Waals surface area contributed by atoms with Gasteiger partial charge < -0.3 is 15.0 Å². The zero-order valence-corrected chi connectivity index (χ0v) is 8.70. The summed E-state index contributed by atoms with van der Waals surface area (Å²) >= 11 is 0. The molecule has 0 radical (unpaired) electrons. The van der Waals surface area contributed by atoms with Crippen LogP contribution in [0, 0.1) is 0 Å². The number of amidine groups is 1. The maximum Gasteiger partial charge on any atom is 0.140 e. The molecule has 0 aliphatic carbocycles. The van der Waals surface area contributed by atoms with E-state index < -0.39 is 0 Å². The molecule has 0 aromatic heterocycles. The van der Waals surface area contributed by atoms with Crippen molar-refractivity contribution >= 4 is 5.84 Å². The van der Waals surface area contributed by atoms with E-state index in [1.54, 1.807) is 0 Å². The third-order valence-corrected chi connectivity index (χ3v) is 2.91. The number of rotatable bonds is 0. The Labute approximate surface area is 89.3 Å². The minimum Gasteiger partial charge on any atom is -0.490 e. The van der Waals surface area contributed by atoms with Crippen molar-refractivity contribution in [2.45, 2.75) is 6.42 Å². The number of hydrogen-bond acceptors (Lipinski definition) is 4. The van der Waals surface area contributed by atoms with Crippen LogP contribution in [0.1, 0.15) is 6.42 Å². The molecular formula is C11H15N3O. The van der Waals surface area contributed by atoms with Gasteiger partial charge in [0.05, 0.1) is 5.70 Å². The van der Waals surface area contributed by atoms with Crippen molar-refractivity contribution in [3.05, 3.63) is 23.6 Å². The van der Waals surface area contributed by atoms with Crippen LogP contribution in [0.15, 0.2) is 28.6 Å². The SMILES string of the molecule is C1=CC2=C(CNCCO2)N2CCCN=C12. The van der Waals surface area contributed by atoms with E-state index in [4.69, 9.17) is 4.74 Å². The van der Waals surface area contributed by atoms with Gasteiger partial charge in [-0.1, -0.05) is 0 Å². The van der Waals surface area contributed by atoms with Crippen LogP contribution in [0.4, 0.5) is 0 Å². The fourth-order valence-electron chi connectivity index (χ4n) is 2.17. The van der Waals surface area contributed by atoms with Crippen molar-refractivity contribution in [2.24, 2.45) is 4.99 Å². The Morgan fingerprint density at radius 2 is 2.40 bits per heavy atom. The molecule has 0 atom stereocenters. The summed E-state index contributed by atoms with van der Waals surface area (Å²) in [6, 6.07) is 0. The third kappa shape index (κ3) is 1.55. The van der Waals surface area contributed by atoms with Crippen LogP contribution in [0.2, 0.25) is 0 Å². The first-order valence-corrected chi connectivity index (χ1v) is 5.52. The fraction of sp³-hybridized carbons (Fsp3) is 0.545. The maximum absolute atomic E-state index is 5.69. The standard InChI is InChI=1S/C11H15N3O/c1-4-13-11-3-2-10-9(14(11)6-1)8-12-5-7-15-10/h2-3,12H,1,4-8H2. The molecule has 3 aliphatic rings. The molecule has 3 heterocycles. The Hall–Kier alpha value is -1.29. The molecule has 80 valence electrons. The Bertz CT molecular complexity index is 357. The molecule has 0 amide bonds. The lowest BCUT2D eigenvalue weighted by Gasteiger charge is -2.32. The normalized spacial score (nSPS) is 25.1. The van der Waals surface area contributed by atoms with Crippen molar-refractivity contribution in [1.29, 1.82) is 0 Å².